The van der Waals surface area contributed by atoms with E-state index in [0.717, 1.165) is 31.5 Å². The van der Waals surface area contributed by atoms with E-state index in [1.54, 1.807) is 4.90 Å². The van der Waals surface area contributed by atoms with Crippen molar-refractivity contribution in [2.45, 2.75) is 32.1 Å². The van der Waals surface area contributed by atoms with Crippen LogP contribution < -0.4 is 11.5 Å². The Bertz CT molecular complexity index is 555. The van der Waals surface area contributed by atoms with Crippen LogP contribution in [0, 0.1) is 23.2 Å². The van der Waals surface area contributed by atoms with E-state index in [1.807, 2.05) is 13.1 Å². The number of nitrogens with one attached hydrogen (secondary N) is 1. The summed E-state index contributed by atoms with van der Waals surface area (Å²) in [5.41, 5.74) is 12.3. The lowest BCUT2D eigenvalue weighted by Crippen LogP contribution is -2.35. The second-order valence-electron chi connectivity index (χ2n) is 6.14. The number of rotatable bonds is 7. The number of H-pyrrole nitrogens is 1. The fraction of sp³-hybridized carbons (Fsp3) is 0.667. The molecule has 1 aliphatic carbocycles. The Labute approximate surface area is 130 Å². The number of hydrogen-bond acceptors (Lipinski definition) is 5. The molecule has 5 N–H and O–H groups in total. The molecule has 0 aromatic carbocycles. The Morgan fingerprint density at radius 3 is 2.86 bits per heavy atom. The predicted octanol–water partition coefficient (Wildman–Crippen LogP) is 0.630. The van der Waals surface area contributed by atoms with Crippen LogP contribution in [0.25, 0.3) is 0 Å². The molecule has 0 aliphatic heterocycles. The first-order chi connectivity index (χ1) is 10.5. The molecule has 1 saturated carbocycles. The van der Waals surface area contributed by atoms with E-state index in [0.29, 0.717) is 36.8 Å². The van der Waals surface area contributed by atoms with Crippen LogP contribution in [-0.4, -0.2) is 41.1 Å². The summed E-state index contributed by atoms with van der Waals surface area (Å²) in [5.74, 6) is 1.53. The quantitative estimate of drug-likeness (QED) is 0.681. The monoisotopic (exact) mass is 304 g/mol. The zero-order valence-electron chi connectivity index (χ0n) is 13.0. The van der Waals surface area contributed by atoms with Crippen molar-refractivity contribution >= 4 is 11.7 Å². The number of nitrogen functional groups attached to an aromatic ring is 1. The fourth-order valence-corrected chi connectivity index (χ4v) is 2.95. The van der Waals surface area contributed by atoms with Crippen molar-refractivity contribution in [3.05, 3.63) is 11.3 Å². The average molecular weight is 304 g/mol. The number of carbonyl (C=O) groups is 1. The maximum atomic E-state index is 12.1. The van der Waals surface area contributed by atoms with Crippen molar-refractivity contribution in [3.63, 3.8) is 0 Å². The number of aromatic nitrogens is 2. The third kappa shape index (κ3) is 3.77. The van der Waals surface area contributed by atoms with Gasteiger partial charge in [0.1, 0.15) is 11.6 Å². The number of aromatic amines is 1. The lowest BCUT2D eigenvalue weighted by Gasteiger charge is -2.35. The highest BCUT2D eigenvalue weighted by Gasteiger charge is 2.30. The molecule has 1 amide bonds. The molecule has 0 atom stereocenters. The molecule has 2 rings (SSSR count). The van der Waals surface area contributed by atoms with Gasteiger partial charge in [-0.3, -0.25) is 9.89 Å². The number of nitrogens with two attached hydrogens (primary N) is 2. The summed E-state index contributed by atoms with van der Waals surface area (Å²) in [6.45, 7) is 1.39. The molecule has 1 fully saturated rings. The van der Waals surface area contributed by atoms with Gasteiger partial charge in [-0.15, -0.1) is 0 Å². The summed E-state index contributed by atoms with van der Waals surface area (Å²) in [6, 6.07) is 2.05. The maximum absolute atomic E-state index is 12.1. The molecule has 22 heavy (non-hydrogen) atoms. The van der Waals surface area contributed by atoms with E-state index in [1.165, 1.54) is 0 Å². The van der Waals surface area contributed by atoms with Gasteiger partial charge in [-0.1, -0.05) is 0 Å². The van der Waals surface area contributed by atoms with Crippen LogP contribution in [0.4, 0.5) is 5.82 Å². The van der Waals surface area contributed by atoms with Crippen molar-refractivity contribution in [2.75, 3.05) is 25.9 Å². The first kappa shape index (κ1) is 16.3. The van der Waals surface area contributed by atoms with E-state index >= 15 is 0 Å². The highest BCUT2D eigenvalue weighted by Crippen LogP contribution is 2.35. The van der Waals surface area contributed by atoms with E-state index in [2.05, 4.69) is 10.2 Å². The van der Waals surface area contributed by atoms with E-state index < -0.39 is 0 Å². The van der Waals surface area contributed by atoms with Crippen LogP contribution >= 0.6 is 0 Å². The molecular formula is C15H24N6O. The number of anilines is 1. The van der Waals surface area contributed by atoms with Crippen LogP contribution in [0.15, 0.2) is 0 Å². The predicted molar refractivity (Wildman–Crippen MR) is 83.6 cm³/mol. The van der Waals surface area contributed by atoms with Gasteiger partial charge in [-0.25, -0.2) is 0 Å². The van der Waals surface area contributed by atoms with Crippen molar-refractivity contribution in [1.29, 1.82) is 5.26 Å². The molecule has 0 unspecified atom stereocenters. The Morgan fingerprint density at radius 2 is 2.23 bits per heavy atom. The summed E-state index contributed by atoms with van der Waals surface area (Å²) < 4.78 is 0. The first-order valence-corrected chi connectivity index (χ1v) is 7.72. The van der Waals surface area contributed by atoms with Gasteiger partial charge in [0.25, 0.3) is 0 Å². The number of nitriles is 1. The van der Waals surface area contributed by atoms with E-state index in [-0.39, 0.29) is 11.7 Å². The molecule has 0 radical (unpaired) electrons. The van der Waals surface area contributed by atoms with Crippen molar-refractivity contribution < 1.29 is 4.79 Å². The van der Waals surface area contributed by atoms with Crippen molar-refractivity contribution in [2.24, 2.45) is 17.6 Å². The summed E-state index contributed by atoms with van der Waals surface area (Å²) in [6.07, 6.45) is 4.20. The van der Waals surface area contributed by atoms with Crippen LogP contribution in [0.5, 0.6) is 0 Å². The Balaban J connectivity index is 1.70. The van der Waals surface area contributed by atoms with Gasteiger partial charge in [0.2, 0.25) is 5.91 Å². The van der Waals surface area contributed by atoms with Gasteiger partial charge < -0.3 is 16.4 Å². The summed E-state index contributed by atoms with van der Waals surface area (Å²) >= 11 is 0. The van der Waals surface area contributed by atoms with E-state index in [4.69, 9.17) is 16.7 Å². The van der Waals surface area contributed by atoms with Gasteiger partial charge in [0, 0.05) is 20.0 Å². The highest BCUT2D eigenvalue weighted by atomic mass is 16.2. The molecule has 1 heterocycles. The van der Waals surface area contributed by atoms with Gasteiger partial charge in [-0.2, -0.15) is 10.4 Å². The summed E-state index contributed by atoms with van der Waals surface area (Å²) in [4.78, 5) is 13.9. The number of hydrogen-bond donors (Lipinski definition) is 3. The second-order valence-corrected chi connectivity index (χ2v) is 6.14. The van der Waals surface area contributed by atoms with Crippen molar-refractivity contribution in [3.8, 4) is 6.07 Å². The molecule has 0 bridgehead atoms. The lowest BCUT2D eigenvalue weighted by atomic mass is 9.73. The Kier molecular flexibility index (Phi) is 5.39. The number of amides is 1. The molecule has 1 aliphatic rings. The fourth-order valence-electron chi connectivity index (χ4n) is 2.95. The SMILES string of the molecule is CN(CCCc1[nH]nc(N)c1C#N)C(=O)CC1CC(CN)C1. The molecule has 0 saturated heterocycles. The van der Waals surface area contributed by atoms with Crippen molar-refractivity contribution in [1.82, 2.24) is 15.1 Å². The Hall–Kier alpha value is -2.07. The third-order valence-electron chi connectivity index (χ3n) is 4.46. The minimum Gasteiger partial charge on any atom is -0.381 e. The summed E-state index contributed by atoms with van der Waals surface area (Å²) in [5, 5.41) is 15.6. The molecule has 1 aromatic heterocycles. The third-order valence-corrected chi connectivity index (χ3v) is 4.46. The Morgan fingerprint density at radius 1 is 1.50 bits per heavy atom. The summed E-state index contributed by atoms with van der Waals surface area (Å²) in [7, 11) is 1.83. The van der Waals surface area contributed by atoms with Gasteiger partial charge in [-0.05, 0) is 44.1 Å². The highest BCUT2D eigenvalue weighted by molar-refractivity contribution is 5.76. The second kappa shape index (κ2) is 7.27. The molecule has 0 spiro atoms. The van der Waals surface area contributed by atoms with Gasteiger partial charge in [0.05, 0.1) is 5.69 Å². The number of nitrogens with zero attached hydrogens (tertiary/aromatic N) is 3. The first-order valence-electron chi connectivity index (χ1n) is 7.72. The van der Waals surface area contributed by atoms with Gasteiger partial charge >= 0.3 is 0 Å². The minimum absolute atomic E-state index is 0.185. The zero-order chi connectivity index (χ0) is 16.1. The molecule has 120 valence electrons. The number of aryl methyl sites for hydroxylation is 1. The smallest absolute Gasteiger partial charge is 0.222 e. The molecule has 1 aromatic rings. The molecule has 7 nitrogen and oxygen atoms in total. The topological polar surface area (TPSA) is 125 Å². The van der Waals surface area contributed by atoms with Crippen LogP contribution in [-0.2, 0) is 11.2 Å². The number of carbonyl (C=O) groups excluding carboxylic acids is 1. The molecular weight excluding hydrogens is 280 g/mol. The average Bonchev–Trinajstić information content (AvgIpc) is 2.82. The minimum atomic E-state index is 0.185. The van der Waals surface area contributed by atoms with E-state index in [9.17, 15) is 4.79 Å². The normalized spacial score (nSPS) is 20.2. The largest absolute Gasteiger partial charge is 0.381 e. The van der Waals surface area contributed by atoms with Crippen LogP contribution in [0.3, 0.4) is 0 Å². The standard InChI is InChI=1S/C15H24N6O/c1-21(14(22)7-10-5-11(6-10)8-16)4-2-3-13-12(9-17)15(18)20-19-13/h10-11H,2-8,16H2,1H3,(H3,18,19,20). The zero-order valence-corrected chi connectivity index (χ0v) is 13.0. The lowest BCUT2D eigenvalue weighted by molar-refractivity contribution is -0.132. The van der Waals surface area contributed by atoms with Crippen LogP contribution in [0.2, 0.25) is 0 Å². The maximum Gasteiger partial charge on any atom is 0.222 e. The molecule has 7 heteroatoms. The van der Waals surface area contributed by atoms with Crippen LogP contribution in [0.1, 0.15) is 36.9 Å². The van der Waals surface area contributed by atoms with Gasteiger partial charge in [0.15, 0.2) is 5.82 Å².